The fourth-order valence-corrected chi connectivity index (χ4v) is 3.35. The van der Waals surface area contributed by atoms with Crippen LogP contribution in [0.4, 0.5) is 0 Å². The minimum Gasteiger partial charge on any atom is -0.454 e. The maximum Gasteiger partial charge on any atom is 0.231 e. The molecule has 2 N–H and O–H groups in total. The summed E-state index contributed by atoms with van der Waals surface area (Å²) in [6, 6.07) is 6.82. The summed E-state index contributed by atoms with van der Waals surface area (Å²) in [5.74, 6) is 2.43. The van der Waals surface area contributed by atoms with E-state index in [4.69, 9.17) is 15.2 Å². The number of nitrogens with zero attached hydrogens (tertiary/aromatic N) is 2. The van der Waals surface area contributed by atoms with Gasteiger partial charge < -0.3 is 20.1 Å². The zero-order valence-electron chi connectivity index (χ0n) is 12.3. The molecule has 1 aromatic rings. The summed E-state index contributed by atoms with van der Waals surface area (Å²) in [4.78, 5) is 6.82. The molecule has 1 unspecified atom stereocenters. The molecule has 1 aromatic carbocycles. The van der Waals surface area contributed by atoms with E-state index in [-0.39, 0.29) is 5.54 Å². The van der Waals surface area contributed by atoms with Crippen LogP contribution < -0.4 is 15.2 Å². The minimum atomic E-state index is 0.0572. The van der Waals surface area contributed by atoms with E-state index >= 15 is 0 Å². The van der Waals surface area contributed by atoms with E-state index < -0.39 is 0 Å². The molecule has 1 atom stereocenters. The molecule has 2 heterocycles. The molecule has 2 aliphatic heterocycles. The smallest absolute Gasteiger partial charge is 0.231 e. The van der Waals surface area contributed by atoms with Crippen LogP contribution in [-0.4, -0.2) is 35.8 Å². The Kier molecular flexibility index (Phi) is 2.77. The molecule has 0 saturated heterocycles. The van der Waals surface area contributed by atoms with Crippen molar-refractivity contribution in [2.75, 3.05) is 13.3 Å². The van der Waals surface area contributed by atoms with Crippen molar-refractivity contribution in [2.45, 2.75) is 44.2 Å². The number of fused-ring (bicyclic) bond motifs is 1. The van der Waals surface area contributed by atoms with Crippen LogP contribution in [0.2, 0.25) is 0 Å². The van der Waals surface area contributed by atoms with Gasteiger partial charge in [0.2, 0.25) is 6.79 Å². The molecule has 0 amide bonds. The lowest BCUT2D eigenvalue weighted by Crippen LogP contribution is -2.51. The average Bonchev–Trinajstić information content (AvgIpc) is 3.10. The third-order valence-electron chi connectivity index (χ3n) is 4.71. The highest BCUT2D eigenvalue weighted by Crippen LogP contribution is 2.38. The van der Waals surface area contributed by atoms with Crippen molar-refractivity contribution in [3.05, 3.63) is 23.8 Å². The van der Waals surface area contributed by atoms with E-state index in [0.717, 1.165) is 36.8 Å². The van der Waals surface area contributed by atoms with Crippen molar-refractivity contribution in [3.63, 3.8) is 0 Å². The number of aryl methyl sites for hydroxylation is 1. The second-order valence-corrected chi connectivity index (χ2v) is 6.46. The highest BCUT2D eigenvalue weighted by Gasteiger charge is 2.45. The molecule has 1 fully saturated rings. The van der Waals surface area contributed by atoms with E-state index in [2.05, 4.69) is 28.9 Å². The number of hydrogen-bond donors (Lipinski definition) is 1. The molecule has 112 valence electrons. The SMILES string of the molecule is CC1(CCc2ccc3c(c2)OCO3)CN=C(N)N1C1CC1. The van der Waals surface area contributed by atoms with Gasteiger partial charge in [-0.05, 0) is 50.3 Å². The van der Waals surface area contributed by atoms with Crippen LogP contribution in [0.25, 0.3) is 0 Å². The van der Waals surface area contributed by atoms with Crippen molar-refractivity contribution in [1.29, 1.82) is 0 Å². The van der Waals surface area contributed by atoms with Gasteiger partial charge in [0.15, 0.2) is 17.5 Å². The fourth-order valence-electron chi connectivity index (χ4n) is 3.35. The maximum atomic E-state index is 6.08. The van der Waals surface area contributed by atoms with Crippen molar-refractivity contribution >= 4 is 5.96 Å². The quantitative estimate of drug-likeness (QED) is 0.919. The number of aliphatic imine (C=N–C) groups is 1. The lowest BCUT2D eigenvalue weighted by molar-refractivity contribution is 0.174. The zero-order chi connectivity index (χ0) is 14.4. The van der Waals surface area contributed by atoms with Crippen molar-refractivity contribution < 1.29 is 9.47 Å². The highest BCUT2D eigenvalue weighted by molar-refractivity contribution is 5.81. The Morgan fingerprint density at radius 1 is 1.33 bits per heavy atom. The molecule has 1 aliphatic carbocycles. The van der Waals surface area contributed by atoms with Crippen LogP contribution in [-0.2, 0) is 6.42 Å². The Labute approximate surface area is 124 Å². The molecular weight excluding hydrogens is 266 g/mol. The minimum absolute atomic E-state index is 0.0572. The van der Waals surface area contributed by atoms with Crippen LogP contribution in [0.5, 0.6) is 11.5 Å². The van der Waals surface area contributed by atoms with Crippen molar-refractivity contribution in [3.8, 4) is 11.5 Å². The molecule has 0 radical (unpaired) electrons. The van der Waals surface area contributed by atoms with E-state index in [0.29, 0.717) is 12.8 Å². The molecule has 5 heteroatoms. The van der Waals surface area contributed by atoms with E-state index in [1.165, 1.54) is 18.4 Å². The second-order valence-electron chi connectivity index (χ2n) is 6.46. The van der Waals surface area contributed by atoms with Gasteiger partial charge in [0.25, 0.3) is 0 Å². The Bertz CT molecular complexity index is 597. The third-order valence-corrected chi connectivity index (χ3v) is 4.71. The lowest BCUT2D eigenvalue weighted by atomic mass is 9.92. The Balaban J connectivity index is 1.46. The second kappa shape index (κ2) is 4.55. The van der Waals surface area contributed by atoms with Gasteiger partial charge in [-0.1, -0.05) is 6.07 Å². The Hall–Kier alpha value is -1.91. The summed E-state index contributed by atoms with van der Waals surface area (Å²) in [5.41, 5.74) is 7.41. The van der Waals surface area contributed by atoms with Gasteiger partial charge in [0, 0.05) is 6.04 Å². The summed E-state index contributed by atoms with van der Waals surface area (Å²) in [6.07, 6.45) is 4.54. The number of hydrogen-bond acceptors (Lipinski definition) is 5. The molecule has 0 aromatic heterocycles. The molecule has 3 aliphatic rings. The molecule has 4 rings (SSSR count). The summed E-state index contributed by atoms with van der Waals surface area (Å²) in [7, 11) is 0. The van der Waals surface area contributed by atoms with Gasteiger partial charge in [-0.15, -0.1) is 0 Å². The molecule has 21 heavy (non-hydrogen) atoms. The molecule has 0 spiro atoms. The molecule has 1 saturated carbocycles. The summed E-state index contributed by atoms with van der Waals surface area (Å²) >= 11 is 0. The predicted molar refractivity (Wildman–Crippen MR) is 80.6 cm³/mol. The summed E-state index contributed by atoms with van der Waals surface area (Å²) in [5, 5.41) is 0. The van der Waals surface area contributed by atoms with E-state index in [1.807, 2.05) is 6.07 Å². The van der Waals surface area contributed by atoms with Crippen LogP contribution in [0.1, 0.15) is 31.7 Å². The zero-order valence-corrected chi connectivity index (χ0v) is 12.3. The van der Waals surface area contributed by atoms with Gasteiger partial charge in [0.05, 0.1) is 12.1 Å². The summed E-state index contributed by atoms with van der Waals surface area (Å²) < 4.78 is 10.8. The normalized spacial score (nSPS) is 27.1. The van der Waals surface area contributed by atoms with E-state index in [1.54, 1.807) is 0 Å². The van der Waals surface area contributed by atoms with Crippen molar-refractivity contribution in [1.82, 2.24) is 4.90 Å². The van der Waals surface area contributed by atoms with Gasteiger partial charge in [-0.25, -0.2) is 0 Å². The van der Waals surface area contributed by atoms with Gasteiger partial charge >= 0.3 is 0 Å². The first-order chi connectivity index (χ1) is 10.2. The largest absolute Gasteiger partial charge is 0.454 e. The first kappa shape index (κ1) is 12.8. The average molecular weight is 287 g/mol. The number of nitrogens with two attached hydrogens (primary N) is 1. The van der Waals surface area contributed by atoms with Gasteiger partial charge in [-0.2, -0.15) is 0 Å². The van der Waals surface area contributed by atoms with Crippen molar-refractivity contribution in [2.24, 2.45) is 10.7 Å². The number of benzene rings is 1. The summed E-state index contributed by atoms with van der Waals surface area (Å²) in [6.45, 7) is 3.41. The van der Waals surface area contributed by atoms with Gasteiger partial charge in [0.1, 0.15) is 0 Å². The van der Waals surface area contributed by atoms with Gasteiger partial charge in [-0.3, -0.25) is 4.99 Å². The van der Waals surface area contributed by atoms with Crippen LogP contribution in [0.3, 0.4) is 0 Å². The number of rotatable bonds is 4. The highest BCUT2D eigenvalue weighted by atomic mass is 16.7. The Morgan fingerprint density at radius 3 is 2.95 bits per heavy atom. The first-order valence-corrected chi connectivity index (χ1v) is 7.63. The van der Waals surface area contributed by atoms with Crippen LogP contribution >= 0.6 is 0 Å². The lowest BCUT2D eigenvalue weighted by Gasteiger charge is -2.36. The molecule has 0 bridgehead atoms. The standard InChI is InChI=1S/C16H21N3O2/c1-16(9-18-15(17)19(16)12-3-4-12)7-6-11-2-5-13-14(8-11)21-10-20-13/h2,5,8,12H,3-4,6-7,9-10H2,1H3,(H2,17,18). The molecule has 5 nitrogen and oxygen atoms in total. The third kappa shape index (κ3) is 2.20. The Morgan fingerprint density at radius 2 is 2.14 bits per heavy atom. The van der Waals surface area contributed by atoms with Crippen LogP contribution in [0, 0.1) is 0 Å². The number of guanidine groups is 1. The maximum absolute atomic E-state index is 6.08. The molecular formula is C16H21N3O2. The topological polar surface area (TPSA) is 60.1 Å². The predicted octanol–water partition coefficient (Wildman–Crippen LogP) is 1.90. The number of ether oxygens (including phenoxy) is 2. The monoisotopic (exact) mass is 287 g/mol. The van der Waals surface area contributed by atoms with E-state index in [9.17, 15) is 0 Å². The fraction of sp³-hybridized carbons (Fsp3) is 0.562. The first-order valence-electron chi connectivity index (χ1n) is 7.63. The van der Waals surface area contributed by atoms with Crippen LogP contribution in [0.15, 0.2) is 23.2 Å².